The van der Waals surface area contributed by atoms with Crippen molar-refractivity contribution in [1.82, 2.24) is 0 Å². The van der Waals surface area contributed by atoms with Crippen molar-refractivity contribution in [3.05, 3.63) is 104 Å². The number of unbranched alkanes of at least 4 members (excludes halogenated alkanes) is 9. The highest BCUT2D eigenvalue weighted by Gasteiger charge is 2.00. The minimum absolute atomic E-state index is 0.299. The summed E-state index contributed by atoms with van der Waals surface area (Å²) in [5.41, 5.74) is 0. The first-order valence-corrected chi connectivity index (χ1v) is 16.9. The molecular formula is C40H63O. The van der Waals surface area contributed by atoms with Crippen molar-refractivity contribution < 1.29 is 4.79 Å². The van der Waals surface area contributed by atoms with Crippen LogP contribution in [0.1, 0.15) is 142 Å². The number of carbonyl (C=O) groups excluding carboxylic acids is 1. The molecule has 0 aliphatic rings. The molecule has 0 saturated carbocycles. The van der Waals surface area contributed by atoms with Gasteiger partial charge in [-0.3, -0.25) is 4.79 Å². The van der Waals surface area contributed by atoms with Gasteiger partial charge >= 0.3 is 0 Å². The van der Waals surface area contributed by atoms with E-state index in [4.69, 9.17) is 0 Å². The van der Waals surface area contributed by atoms with Crippen molar-refractivity contribution in [2.45, 2.75) is 142 Å². The Morgan fingerprint density at radius 3 is 1.05 bits per heavy atom. The molecule has 0 amide bonds. The van der Waals surface area contributed by atoms with Crippen LogP contribution in [0.5, 0.6) is 0 Å². The molecule has 0 aliphatic heterocycles. The highest BCUT2D eigenvalue weighted by molar-refractivity contribution is 5.86. The molecule has 229 valence electrons. The molecule has 0 unspecified atom stereocenters. The van der Waals surface area contributed by atoms with E-state index < -0.39 is 0 Å². The highest BCUT2D eigenvalue weighted by Crippen LogP contribution is 2.07. The summed E-state index contributed by atoms with van der Waals surface area (Å²) < 4.78 is 0. The summed E-state index contributed by atoms with van der Waals surface area (Å²) in [7, 11) is 0. The summed E-state index contributed by atoms with van der Waals surface area (Å²) in [6.45, 7) is 4.49. The number of hydrogen-bond donors (Lipinski definition) is 0. The Hall–Kier alpha value is -2.41. The molecule has 0 atom stereocenters. The van der Waals surface area contributed by atoms with Gasteiger partial charge in [0.1, 0.15) is 5.78 Å². The first-order chi connectivity index (χ1) is 20.3. The third-order valence-corrected chi connectivity index (χ3v) is 6.66. The lowest BCUT2D eigenvalue weighted by molar-refractivity contribution is -0.116. The van der Waals surface area contributed by atoms with Crippen molar-refractivity contribution >= 4 is 5.78 Å². The highest BCUT2D eigenvalue weighted by atomic mass is 16.1. The number of Topliss-reactive ketones (excluding diaryl/α,β-unsaturated/α-hetero) is 1. The summed E-state index contributed by atoms with van der Waals surface area (Å²) in [6.07, 6.45) is 59.8. The van der Waals surface area contributed by atoms with Crippen molar-refractivity contribution in [1.29, 1.82) is 0 Å². The molecule has 41 heavy (non-hydrogen) atoms. The van der Waals surface area contributed by atoms with Gasteiger partial charge in [0.2, 0.25) is 0 Å². The van der Waals surface area contributed by atoms with E-state index in [2.05, 4.69) is 111 Å². The zero-order valence-corrected chi connectivity index (χ0v) is 26.9. The molecule has 0 aromatic heterocycles. The molecular weight excluding hydrogens is 496 g/mol. The number of rotatable bonds is 29. The number of allylic oxidation sites excluding steroid dienone is 16. The van der Waals surface area contributed by atoms with Gasteiger partial charge in [-0.05, 0) is 96.3 Å². The van der Waals surface area contributed by atoms with E-state index in [1.165, 1.54) is 51.4 Å². The van der Waals surface area contributed by atoms with E-state index in [1.807, 2.05) is 6.42 Å². The Labute approximate surface area is 256 Å². The van der Waals surface area contributed by atoms with Crippen LogP contribution >= 0.6 is 0 Å². The lowest BCUT2D eigenvalue weighted by Crippen LogP contribution is -1.98. The van der Waals surface area contributed by atoms with E-state index in [0.29, 0.717) is 12.2 Å². The van der Waals surface area contributed by atoms with Gasteiger partial charge in [-0.1, -0.05) is 137 Å². The van der Waals surface area contributed by atoms with Crippen LogP contribution in [0.25, 0.3) is 0 Å². The molecule has 0 bridgehead atoms. The molecule has 0 aliphatic carbocycles. The maximum Gasteiger partial charge on any atom is 0.136 e. The summed E-state index contributed by atoms with van der Waals surface area (Å²) >= 11 is 0. The van der Waals surface area contributed by atoms with E-state index in [1.54, 1.807) is 0 Å². The van der Waals surface area contributed by atoms with Crippen molar-refractivity contribution in [3.63, 3.8) is 0 Å². The average Bonchev–Trinajstić information content (AvgIpc) is 2.98. The van der Waals surface area contributed by atoms with Crippen LogP contribution in [-0.2, 0) is 4.79 Å². The van der Waals surface area contributed by atoms with Crippen molar-refractivity contribution in [2.75, 3.05) is 0 Å². The first-order valence-electron chi connectivity index (χ1n) is 16.9. The predicted octanol–water partition coefficient (Wildman–Crippen LogP) is 13.1. The zero-order chi connectivity index (χ0) is 29.7. The Balaban J connectivity index is 3.53. The van der Waals surface area contributed by atoms with Crippen LogP contribution in [0.15, 0.2) is 97.2 Å². The lowest BCUT2D eigenvalue weighted by Gasteiger charge is -1.98. The van der Waals surface area contributed by atoms with Crippen LogP contribution in [0, 0.1) is 6.42 Å². The molecule has 0 rings (SSSR count). The second-order valence-corrected chi connectivity index (χ2v) is 10.7. The quantitative estimate of drug-likeness (QED) is 0.0658. The molecule has 1 nitrogen and oxygen atoms in total. The number of hydrogen-bond acceptors (Lipinski definition) is 1. The second-order valence-electron chi connectivity index (χ2n) is 10.7. The molecule has 1 radical (unpaired) electrons. The fourth-order valence-electron chi connectivity index (χ4n) is 4.12. The van der Waals surface area contributed by atoms with E-state index >= 15 is 0 Å². The van der Waals surface area contributed by atoms with Crippen molar-refractivity contribution in [2.24, 2.45) is 0 Å². The van der Waals surface area contributed by atoms with Gasteiger partial charge < -0.3 is 0 Å². The molecule has 0 aromatic carbocycles. The Kier molecular flexibility index (Phi) is 33.5. The van der Waals surface area contributed by atoms with Crippen LogP contribution in [0.3, 0.4) is 0 Å². The molecule has 1 heteroatoms. The summed E-state index contributed by atoms with van der Waals surface area (Å²) in [5.74, 6) is 0.299. The second kappa shape index (κ2) is 35.6. The maximum atomic E-state index is 12.0. The smallest absolute Gasteiger partial charge is 0.136 e. The Morgan fingerprint density at radius 1 is 0.366 bits per heavy atom. The monoisotopic (exact) mass is 559 g/mol. The molecule has 0 heterocycles. The molecule has 0 spiro atoms. The van der Waals surface area contributed by atoms with Crippen molar-refractivity contribution in [3.8, 4) is 0 Å². The SMILES string of the molecule is CCCCCC=CCC=CCC=CCC=CCCCC(=O)[CH]CCC/C=C\C/C=C\C/C=C\C/C=C\CCCCC. The number of carbonyl (C=O) groups is 1. The van der Waals surface area contributed by atoms with Gasteiger partial charge in [-0.2, -0.15) is 0 Å². The summed E-state index contributed by atoms with van der Waals surface area (Å²) in [5, 5.41) is 0. The molecule has 0 N–H and O–H groups in total. The lowest BCUT2D eigenvalue weighted by atomic mass is 10.1. The molecule has 0 aromatic rings. The topological polar surface area (TPSA) is 17.1 Å². The average molecular weight is 560 g/mol. The summed E-state index contributed by atoms with van der Waals surface area (Å²) in [6, 6.07) is 0. The Bertz CT molecular complexity index is 784. The van der Waals surface area contributed by atoms with Gasteiger partial charge in [-0.25, -0.2) is 0 Å². The van der Waals surface area contributed by atoms with E-state index in [0.717, 1.165) is 70.6 Å². The fraction of sp³-hybridized carbons (Fsp3) is 0.550. The molecule has 0 saturated heterocycles. The maximum absolute atomic E-state index is 12.0. The largest absolute Gasteiger partial charge is 0.299 e. The van der Waals surface area contributed by atoms with Gasteiger partial charge in [0, 0.05) is 12.8 Å². The standard InChI is InChI=1S/C40H63O/c1-3-5-7-9-11-13-15-17-19-21-23-25-27-29-31-33-35-37-39-40(41)38-36-34-32-30-28-26-24-22-20-18-16-14-12-10-8-6-4-2/h11-14,17-20,23-26,29-32,39H,3-10,15-16,21-22,27-28,33-38H2,1-2H3/b13-11-,14-12?,19-17-,20-18?,25-23-,26-24?,31-29-,32-30?. The third kappa shape index (κ3) is 35.6. The van der Waals surface area contributed by atoms with Crippen LogP contribution in [-0.4, -0.2) is 5.78 Å². The van der Waals surface area contributed by atoms with E-state index in [-0.39, 0.29) is 0 Å². The van der Waals surface area contributed by atoms with Crippen LogP contribution in [0.2, 0.25) is 0 Å². The van der Waals surface area contributed by atoms with Gasteiger partial charge in [0.15, 0.2) is 0 Å². The first kappa shape index (κ1) is 38.6. The van der Waals surface area contributed by atoms with Gasteiger partial charge in [0.05, 0.1) is 0 Å². The predicted molar refractivity (Wildman–Crippen MR) is 186 cm³/mol. The summed E-state index contributed by atoms with van der Waals surface area (Å²) in [4.78, 5) is 12.0. The Morgan fingerprint density at radius 2 is 0.683 bits per heavy atom. The van der Waals surface area contributed by atoms with Gasteiger partial charge in [-0.15, -0.1) is 0 Å². The minimum atomic E-state index is 0.299. The zero-order valence-electron chi connectivity index (χ0n) is 26.9. The minimum Gasteiger partial charge on any atom is -0.299 e. The van der Waals surface area contributed by atoms with Crippen LogP contribution < -0.4 is 0 Å². The van der Waals surface area contributed by atoms with Crippen LogP contribution in [0.4, 0.5) is 0 Å². The number of ketones is 1. The van der Waals surface area contributed by atoms with E-state index in [9.17, 15) is 4.79 Å². The van der Waals surface area contributed by atoms with Gasteiger partial charge in [0.25, 0.3) is 0 Å². The third-order valence-electron chi connectivity index (χ3n) is 6.66. The normalized spacial score (nSPS) is 13.0. The molecule has 0 fully saturated rings. The fourth-order valence-corrected chi connectivity index (χ4v) is 4.12.